The molecule has 0 heterocycles. The van der Waals surface area contributed by atoms with Crippen LogP contribution >= 0.6 is 0 Å². The number of ether oxygens (including phenoxy) is 1. The average molecular weight is 387 g/mol. The quantitative estimate of drug-likeness (QED) is 0.433. The second-order valence-electron chi connectivity index (χ2n) is 7.37. The van der Waals surface area contributed by atoms with Crippen LogP contribution in [0.5, 0.6) is 0 Å². The van der Waals surface area contributed by atoms with E-state index in [1.165, 1.54) is 0 Å². The summed E-state index contributed by atoms with van der Waals surface area (Å²) in [7, 11) is 3.81. The van der Waals surface area contributed by atoms with E-state index < -0.39 is 12.1 Å². The molecule has 3 aromatic carbocycles. The first kappa shape index (κ1) is 20.3. The first-order valence-corrected chi connectivity index (χ1v) is 9.51. The number of esters is 1. The Bertz CT molecular complexity index is 1000. The summed E-state index contributed by atoms with van der Waals surface area (Å²) < 4.78 is 5.74. The van der Waals surface area contributed by atoms with Gasteiger partial charge in [0.25, 0.3) is 0 Å². The number of rotatable bonds is 6. The molecule has 3 aromatic rings. The van der Waals surface area contributed by atoms with Crippen molar-refractivity contribution in [2.45, 2.75) is 20.0 Å². The van der Waals surface area contributed by atoms with Crippen LogP contribution in [0.2, 0.25) is 0 Å². The van der Waals surface area contributed by atoms with Crippen molar-refractivity contribution in [1.82, 2.24) is 0 Å². The van der Waals surface area contributed by atoms with E-state index in [9.17, 15) is 9.59 Å². The molecule has 0 radical (unpaired) electrons. The number of carbonyl (C=O) groups is 2. The van der Waals surface area contributed by atoms with Gasteiger partial charge in [0.1, 0.15) is 0 Å². The molecule has 4 nitrogen and oxygen atoms in total. The van der Waals surface area contributed by atoms with Crippen LogP contribution < -0.4 is 4.90 Å². The van der Waals surface area contributed by atoms with E-state index in [2.05, 4.69) is 0 Å². The van der Waals surface area contributed by atoms with Crippen LogP contribution in [0.3, 0.4) is 0 Å². The van der Waals surface area contributed by atoms with Gasteiger partial charge in [-0.15, -0.1) is 0 Å². The monoisotopic (exact) mass is 387 g/mol. The predicted molar refractivity (Wildman–Crippen MR) is 116 cm³/mol. The molecule has 0 aliphatic heterocycles. The lowest BCUT2D eigenvalue weighted by molar-refractivity contribution is 0.0280. The number of benzene rings is 3. The lowest BCUT2D eigenvalue weighted by Gasteiger charge is -2.19. The molecule has 0 fully saturated rings. The lowest BCUT2D eigenvalue weighted by Crippen LogP contribution is -2.20. The Labute approximate surface area is 171 Å². The van der Waals surface area contributed by atoms with E-state index in [1.54, 1.807) is 30.3 Å². The maximum Gasteiger partial charge on any atom is 0.339 e. The van der Waals surface area contributed by atoms with Crippen molar-refractivity contribution in [3.8, 4) is 0 Å². The minimum Gasteiger partial charge on any atom is -0.445 e. The van der Waals surface area contributed by atoms with Crippen LogP contribution in [0.1, 0.15) is 43.5 Å². The summed E-state index contributed by atoms with van der Waals surface area (Å²) >= 11 is 0. The van der Waals surface area contributed by atoms with E-state index in [-0.39, 0.29) is 5.78 Å². The third-order valence-corrected chi connectivity index (χ3v) is 4.78. The molecule has 4 heteroatoms. The van der Waals surface area contributed by atoms with Crippen molar-refractivity contribution in [2.75, 3.05) is 19.0 Å². The molecular weight excluding hydrogens is 362 g/mol. The molecular formula is C25H25NO3. The van der Waals surface area contributed by atoms with Crippen molar-refractivity contribution < 1.29 is 14.3 Å². The maximum atomic E-state index is 13.2. The summed E-state index contributed by atoms with van der Waals surface area (Å²) in [6, 6.07) is 21.9. The van der Waals surface area contributed by atoms with Gasteiger partial charge in [-0.1, -0.05) is 65.7 Å². The molecule has 0 aromatic heterocycles. The number of carbonyl (C=O) groups excluding carboxylic acids is 2. The molecule has 29 heavy (non-hydrogen) atoms. The SMILES string of the molecule is Cc1ccc(C(=O)[C@@H](OC(=O)c2cccc(N(C)C)c2)c2ccc(C)cc2)cc1. The van der Waals surface area contributed by atoms with Crippen molar-refractivity contribution in [2.24, 2.45) is 0 Å². The van der Waals surface area contributed by atoms with Gasteiger partial charge < -0.3 is 9.64 Å². The highest BCUT2D eigenvalue weighted by atomic mass is 16.5. The second-order valence-corrected chi connectivity index (χ2v) is 7.37. The topological polar surface area (TPSA) is 46.6 Å². The lowest BCUT2D eigenvalue weighted by atomic mass is 9.98. The minimum atomic E-state index is -1.01. The fourth-order valence-corrected chi connectivity index (χ4v) is 2.97. The summed E-state index contributed by atoms with van der Waals surface area (Å²) in [6.07, 6.45) is -1.01. The van der Waals surface area contributed by atoms with Crippen molar-refractivity contribution >= 4 is 17.4 Å². The molecule has 1 atom stereocenters. The van der Waals surface area contributed by atoms with Gasteiger partial charge in [0.2, 0.25) is 5.78 Å². The summed E-state index contributed by atoms with van der Waals surface area (Å²) in [5.74, 6) is -0.772. The maximum absolute atomic E-state index is 13.2. The number of nitrogens with zero attached hydrogens (tertiary/aromatic N) is 1. The first-order chi connectivity index (χ1) is 13.8. The molecule has 3 rings (SSSR count). The normalized spacial score (nSPS) is 11.6. The zero-order valence-corrected chi connectivity index (χ0v) is 17.2. The molecule has 0 saturated heterocycles. The number of aryl methyl sites for hydroxylation is 2. The van der Waals surface area contributed by atoms with Gasteiger partial charge in [0.05, 0.1) is 5.56 Å². The van der Waals surface area contributed by atoms with Crippen LogP contribution in [0, 0.1) is 13.8 Å². The smallest absolute Gasteiger partial charge is 0.339 e. The highest BCUT2D eigenvalue weighted by Gasteiger charge is 2.27. The van der Waals surface area contributed by atoms with Crippen LogP contribution in [0.25, 0.3) is 0 Å². The molecule has 0 N–H and O–H groups in total. The number of ketones is 1. The Hall–Kier alpha value is -3.40. The van der Waals surface area contributed by atoms with Gasteiger partial charge in [-0.3, -0.25) is 4.79 Å². The zero-order chi connectivity index (χ0) is 21.0. The number of hydrogen-bond acceptors (Lipinski definition) is 4. The Morgan fingerprint density at radius 3 is 1.97 bits per heavy atom. The molecule has 0 aliphatic rings. The molecule has 148 valence electrons. The van der Waals surface area contributed by atoms with Crippen LogP contribution in [-0.4, -0.2) is 25.8 Å². The van der Waals surface area contributed by atoms with E-state index in [4.69, 9.17) is 4.74 Å². The van der Waals surface area contributed by atoms with Crippen LogP contribution in [0.15, 0.2) is 72.8 Å². The minimum absolute atomic E-state index is 0.244. The van der Waals surface area contributed by atoms with E-state index in [1.807, 2.05) is 75.3 Å². The summed E-state index contributed by atoms with van der Waals surface area (Å²) in [5, 5.41) is 0. The summed E-state index contributed by atoms with van der Waals surface area (Å²) in [4.78, 5) is 28.0. The number of Topliss-reactive ketones (excluding diaryl/α,β-unsaturated/α-hetero) is 1. The van der Waals surface area contributed by atoms with Gasteiger partial charge in [0.15, 0.2) is 6.10 Å². The standard InChI is InChI=1S/C25H25NO3/c1-17-8-12-19(13-9-17)23(27)24(20-14-10-18(2)11-15-20)29-25(28)21-6-5-7-22(16-21)26(3)4/h5-16,24H,1-4H3/t24-/m0/s1. The second kappa shape index (κ2) is 8.74. The fraction of sp³-hybridized carbons (Fsp3) is 0.200. The summed E-state index contributed by atoms with van der Waals surface area (Å²) in [6.45, 7) is 3.93. The van der Waals surface area contributed by atoms with Crippen molar-refractivity contribution in [3.63, 3.8) is 0 Å². The zero-order valence-electron chi connectivity index (χ0n) is 17.2. The number of anilines is 1. The highest BCUT2D eigenvalue weighted by Crippen LogP contribution is 2.25. The molecule has 0 amide bonds. The van der Waals surface area contributed by atoms with E-state index in [0.717, 1.165) is 16.8 Å². The third-order valence-electron chi connectivity index (χ3n) is 4.78. The highest BCUT2D eigenvalue weighted by molar-refractivity contribution is 6.02. The van der Waals surface area contributed by atoms with Gasteiger partial charge in [0, 0.05) is 30.9 Å². The summed E-state index contributed by atoms with van der Waals surface area (Å²) in [5.41, 5.74) is 4.58. The van der Waals surface area contributed by atoms with Gasteiger partial charge in [-0.05, 0) is 32.0 Å². The van der Waals surface area contributed by atoms with Crippen LogP contribution in [-0.2, 0) is 4.74 Å². The Kier molecular flexibility index (Phi) is 6.13. The third kappa shape index (κ3) is 4.91. The van der Waals surface area contributed by atoms with Crippen molar-refractivity contribution in [1.29, 1.82) is 0 Å². The van der Waals surface area contributed by atoms with E-state index in [0.29, 0.717) is 16.7 Å². The first-order valence-electron chi connectivity index (χ1n) is 9.51. The molecule has 0 unspecified atom stereocenters. The van der Waals surface area contributed by atoms with Gasteiger partial charge in [-0.25, -0.2) is 4.79 Å². The Balaban J connectivity index is 1.93. The molecule has 0 spiro atoms. The van der Waals surface area contributed by atoms with Gasteiger partial charge >= 0.3 is 5.97 Å². The van der Waals surface area contributed by atoms with E-state index >= 15 is 0 Å². The molecule has 0 bridgehead atoms. The Morgan fingerprint density at radius 1 is 0.793 bits per heavy atom. The van der Waals surface area contributed by atoms with Crippen molar-refractivity contribution in [3.05, 3.63) is 101 Å². The fourth-order valence-electron chi connectivity index (χ4n) is 2.97. The average Bonchev–Trinajstić information content (AvgIpc) is 2.73. The molecule has 0 saturated carbocycles. The number of hydrogen-bond donors (Lipinski definition) is 0. The Morgan fingerprint density at radius 2 is 1.38 bits per heavy atom. The van der Waals surface area contributed by atoms with Crippen LogP contribution in [0.4, 0.5) is 5.69 Å². The molecule has 0 aliphatic carbocycles. The van der Waals surface area contributed by atoms with Gasteiger partial charge in [-0.2, -0.15) is 0 Å². The predicted octanol–water partition coefficient (Wildman–Crippen LogP) is 5.15. The largest absolute Gasteiger partial charge is 0.445 e.